The fourth-order valence-corrected chi connectivity index (χ4v) is 1.73. The average Bonchev–Trinajstić information content (AvgIpc) is 2.69. The Morgan fingerprint density at radius 1 is 1.44 bits per heavy atom. The molecule has 0 radical (unpaired) electrons. The van der Waals surface area contributed by atoms with E-state index in [2.05, 4.69) is 5.10 Å². The molecule has 84 valence electrons. The number of nitrogens with zero attached hydrogens (tertiary/aromatic N) is 2. The Morgan fingerprint density at radius 3 is 2.88 bits per heavy atom. The Labute approximate surface area is 93.7 Å². The molecule has 1 atom stereocenters. The van der Waals surface area contributed by atoms with Crippen LogP contribution in [0.3, 0.4) is 0 Å². The summed E-state index contributed by atoms with van der Waals surface area (Å²) in [5.41, 5.74) is 7.11. The van der Waals surface area contributed by atoms with Gasteiger partial charge in [-0.1, -0.05) is 12.1 Å². The molecule has 0 amide bonds. The lowest BCUT2D eigenvalue weighted by Crippen LogP contribution is -2.19. The van der Waals surface area contributed by atoms with Crippen molar-refractivity contribution in [1.29, 1.82) is 0 Å². The zero-order chi connectivity index (χ0) is 11.5. The van der Waals surface area contributed by atoms with E-state index in [1.165, 1.54) is 10.7 Å². The van der Waals surface area contributed by atoms with E-state index in [-0.39, 0.29) is 11.9 Å². The van der Waals surface area contributed by atoms with E-state index in [1.807, 2.05) is 13.0 Å². The van der Waals surface area contributed by atoms with Crippen molar-refractivity contribution in [3.8, 4) is 5.69 Å². The quantitative estimate of drug-likeness (QED) is 0.856. The normalized spacial score (nSPS) is 12.7. The van der Waals surface area contributed by atoms with Crippen molar-refractivity contribution in [2.24, 2.45) is 5.73 Å². The molecule has 0 aliphatic rings. The van der Waals surface area contributed by atoms with Crippen molar-refractivity contribution >= 4 is 0 Å². The molecule has 0 aliphatic carbocycles. The van der Waals surface area contributed by atoms with Crippen LogP contribution in [0.15, 0.2) is 36.7 Å². The van der Waals surface area contributed by atoms with Crippen LogP contribution in [0.5, 0.6) is 0 Å². The third-order valence-electron chi connectivity index (χ3n) is 2.35. The van der Waals surface area contributed by atoms with Crippen molar-refractivity contribution in [3.63, 3.8) is 0 Å². The minimum absolute atomic E-state index is 0.00360. The summed E-state index contributed by atoms with van der Waals surface area (Å²) in [6.45, 7) is 1.90. The van der Waals surface area contributed by atoms with Gasteiger partial charge in [0.05, 0.1) is 0 Å². The monoisotopic (exact) mass is 219 g/mol. The lowest BCUT2D eigenvalue weighted by Gasteiger charge is -2.12. The molecule has 1 aromatic carbocycles. The van der Waals surface area contributed by atoms with E-state index in [1.54, 1.807) is 24.5 Å². The van der Waals surface area contributed by atoms with Gasteiger partial charge < -0.3 is 5.73 Å². The first-order valence-electron chi connectivity index (χ1n) is 5.21. The Balaban J connectivity index is 2.49. The summed E-state index contributed by atoms with van der Waals surface area (Å²) in [4.78, 5) is 0. The second-order valence-corrected chi connectivity index (χ2v) is 3.88. The molecule has 16 heavy (non-hydrogen) atoms. The standard InChI is InChI=1S/C12H14FN3/c1-9(14)8-10-4-2-5-11(13)12(10)16-7-3-6-15-16/h2-7,9H,8,14H2,1H3. The number of rotatable bonds is 3. The number of para-hydroxylation sites is 1. The summed E-state index contributed by atoms with van der Waals surface area (Å²) in [6.07, 6.45) is 3.98. The first kappa shape index (κ1) is 10.8. The molecule has 0 saturated heterocycles. The highest BCUT2D eigenvalue weighted by atomic mass is 19.1. The van der Waals surface area contributed by atoms with Crippen LogP contribution < -0.4 is 5.73 Å². The molecule has 4 heteroatoms. The number of hydrogen-bond acceptors (Lipinski definition) is 2. The maximum absolute atomic E-state index is 13.8. The first-order chi connectivity index (χ1) is 7.68. The minimum atomic E-state index is -0.276. The lowest BCUT2D eigenvalue weighted by molar-refractivity contribution is 0.603. The van der Waals surface area contributed by atoms with E-state index >= 15 is 0 Å². The molecule has 3 nitrogen and oxygen atoms in total. The summed E-state index contributed by atoms with van der Waals surface area (Å²) in [7, 11) is 0. The second-order valence-electron chi connectivity index (χ2n) is 3.88. The average molecular weight is 219 g/mol. The zero-order valence-electron chi connectivity index (χ0n) is 9.10. The van der Waals surface area contributed by atoms with E-state index in [4.69, 9.17) is 5.73 Å². The fourth-order valence-electron chi connectivity index (χ4n) is 1.73. The van der Waals surface area contributed by atoms with Crippen molar-refractivity contribution in [3.05, 3.63) is 48.0 Å². The molecule has 0 saturated carbocycles. The molecule has 1 aromatic heterocycles. The summed E-state index contributed by atoms with van der Waals surface area (Å²) in [6, 6.07) is 6.77. The van der Waals surface area contributed by atoms with Crippen molar-refractivity contribution < 1.29 is 4.39 Å². The molecule has 2 rings (SSSR count). The van der Waals surface area contributed by atoms with Gasteiger partial charge in [0.25, 0.3) is 0 Å². The van der Waals surface area contributed by atoms with Crippen LogP contribution >= 0.6 is 0 Å². The van der Waals surface area contributed by atoms with Gasteiger partial charge >= 0.3 is 0 Å². The van der Waals surface area contributed by atoms with Gasteiger partial charge in [0.2, 0.25) is 0 Å². The van der Waals surface area contributed by atoms with Gasteiger partial charge in [-0.15, -0.1) is 0 Å². The molecule has 2 aromatic rings. The maximum atomic E-state index is 13.8. The second kappa shape index (κ2) is 4.45. The molecule has 0 aliphatic heterocycles. The smallest absolute Gasteiger partial charge is 0.149 e. The summed E-state index contributed by atoms with van der Waals surface area (Å²) in [5.74, 6) is -0.276. The first-order valence-corrected chi connectivity index (χ1v) is 5.21. The Bertz CT molecular complexity index is 463. The Kier molecular flexibility index (Phi) is 3.01. The van der Waals surface area contributed by atoms with E-state index < -0.39 is 0 Å². The van der Waals surface area contributed by atoms with Crippen LogP contribution in [-0.4, -0.2) is 15.8 Å². The summed E-state index contributed by atoms with van der Waals surface area (Å²) in [5, 5.41) is 4.05. The van der Waals surface area contributed by atoms with Crippen LogP contribution in [-0.2, 0) is 6.42 Å². The van der Waals surface area contributed by atoms with Gasteiger partial charge in [0.15, 0.2) is 0 Å². The van der Waals surface area contributed by atoms with Gasteiger partial charge in [0.1, 0.15) is 11.5 Å². The predicted molar refractivity (Wildman–Crippen MR) is 60.9 cm³/mol. The molecule has 0 fully saturated rings. The third kappa shape index (κ3) is 2.12. The Hall–Kier alpha value is -1.68. The van der Waals surface area contributed by atoms with Gasteiger partial charge in [-0.2, -0.15) is 5.10 Å². The van der Waals surface area contributed by atoms with Gasteiger partial charge in [-0.05, 0) is 31.0 Å². The number of nitrogens with two attached hydrogens (primary N) is 1. The predicted octanol–water partition coefficient (Wildman–Crippen LogP) is 1.90. The van der Waals surface area contributed by atoms with Gasteiger partial charge in [-0.3, -0.25) is 0 Å². The molecule has 1 unspecified atom stereocenters. The van der Waals surface area contributed by atoms with E-state index in [9.17, 15) is 4.39 Å². The SMILES string of the molecule is CC(N)Cc1cccc(F)c1-n1cccn1. The van der Waals surface area contributed by atoms with Crippen molar-refractivity contribution in [2.45, 2.75) is 19.4 Å². The van der Waals surface area contributed by atoms with Crippen LogP contribution in [0.4, 0.5) is 4.39 Å². The summed E-state index contributed by atoms with van der Waals surface area (Å²) >= 11 is 0. The number of aromatic nitrogens is 2. The van der Waals surface area contributed by atoms with E-state index in [0.29, 0.717) is 12.1 Å². The highest BCUT2D eigenvalue weighted by Gasteiger charge is 2.11. The summed E-state index contributed by atoms with van der Waals surface area (Å²) < 4.78 is 15.3. The highest BCUT2D eigenvalue weighted by Crippen LogP contribution is 2.19. The molecule has 2 N–H and O–H groups in total. The van der Waals surface area contributed by atoms with Crippen molar-refractivity contribution in [2.75, 3.05) is 0 Å². The number of hydrogen-bond donors (Lipinski definition) is 1. The zero-order valence-corrected chi connectivity index (χ0v) is 9.10. The third-order valence-corrected chi connectivity index (χ3v) is 2.35. The molecule has 0 bridgehead atoms. The molecule has 1 heterocycles. The topological polar surface area (TPSA) is 43.8 Å². The van der Waals surface area contributed by atoms with Gasteiger partial charge in [0, 0.05) is 18.4 Å². The van der Waals surface area contributed by atoms with Crippen LogP contribution in [0.25, 0.3) is 5.69 Å². The highest BCUT2D eigenvalue weighted by molar-refractivity contribution is 5.42. The maximum Gasteiger partial charge on any atom is 0.149 e. The number of halogens is 1. The molecular weight excluding hydrogens is 205 g/mol. The van der Waals surface area contributed by atoms with Crippen LogP contribution in [0, 0.1) is 5.82 Å². The van der Waals surface area contributed by atoms with Crippen molar-refractivity contribution in [1.82, 2.24) is 9.78 Å². The fraction of sp³-hybridized carbons (Fsp3) is 0.250. The Morgan fingerprint density at radius 2 is 2.25 bits per heavy atom. The lowest BCUT2D eigenvalue weighted by atomic mass is 10.1. The van der Waals surface area contributed by atoms with E-state index in [0.717, 1.165) is 5.56 Å². The number of benzene rings is 1. The largest absolute Gasteiger partial charge is 0.328 e. The van der Waals surface area contributed by atoms with Gasteiger partial charge in [-0.25, -0.2) is 9.07 Å². The van der Waals surface area contributed by atoms with Crippen LogP contribution in [0.1, 0.15) is 12.5 Å². The minimum Gasteiger partial charge on any atom is -0.328 e. The van der Waals surface area contributed by atoms with Crippen LogP contribution in [0.2, 0.25) is 0 Å². The molecular formula is C12H14FN3. The molecule has 0 spiro atoms.